The number of aryl methyl sites for hydroxylation is 1. The number of anilines is 1. The summed E-state index contributed by atoms with van der Waals surface area (Å²) < 4.78 is 27.4. The molecule has 1 amide bonds. The number of hydrogen-bond donors (Lipinski definition) is 2. The molecule has 0 bridgehead atoms. The van der Waals surface area contributed by atoms with E-state index in [0.29, 0.717) is 5.82 Å². The fourth-order valence-electron chi connectivity index (χ4n) is 1.48. The summed E-state index contributed by atoms with van der Waals surface area (Å²) in [4.78, 5) is 15.7. The van der Waals surface area contributed by atoms with E-state index < -0.39 is 17.5 Å². The zero-order chi connectivity index (χ0) is 14.0. The molecule has 6 nitrogen and oxygen atoms in total. The Morgan fingerprint density at radius 1 is 1.42 bits per heavy atom. The van der Waals surface area contributed by atoms with E-state index in [-0.39, 0.29) is 17.8 Å². The minimum absolute atomic E-state index is 0.0676. The largest absolute Gasteiger partial charge is 0.398 e. The number of benzene rings is 1. The number of amides is 1. The van der Waals surface area contributed by atoms with Gasteiger partial charge in [0.25, 0.3) is 5.91 Å². The van der Waals surface area contributed by atoms with Gasteiger partial charge in [0.05, 0.1) is 12.1 Å². The summed E-state index contributed by atoms with van der Waals surface area (Å²) in [6.45, 7) is 0.0676. The highest BCUT2D eigenvalue weighted by molar-refractivity contribution is 5.99. The molecule has 0 saturated heterocycles. The summed E-state index contributed by atoms with van der Waals surface area (Å²) >= 11 is 0. The molecule has 3 N–H and O–H groups in total. The number of carbonyl (C=O) groups is 1. The van der Waals surface area contributed by atoms with Crippen LogP contribution >= 0.6 is 0 Å². The number of nitrogen functional groups attached to an aromatic ring is 1. The van der Waals surface area contributed by atoms with Crippen LogP contribution in [0.5, 0.6) is 0 Å². The van der Waals surface area contributed by atoms with E-state index in [1.807, 2.05) is 0 Å². The Morgan fingerprint density at radius 3 is 2.74 bits per heavy atom. The summed E-state index contributed by atoms with van der Waals surface area (Å²) in [7, 11) is 1.69. The van der Waals surface area contributed by atoms with Crippen LogP contribution in [0.15, 0.2) is 18.5 Å². The van der Waals surface area contributed by atoms with Crippen molar-refractivity contribution in [1.29, 1.82) is 0 Å². The minimum Gasteiger partial charge on any atom is -0.398 e. The van der Waals surface area contributed by atoms with Crippen LogP contribution in [-0.2, 0) is 13.6 Å². The highest BCUT2D eigenvalue weighted by Gasteiger charge is 2.14. The average Bonchev–Trinajstić information content (AvgIpc) is 2.77. The smallest absolute Gasteiger partial charge is 0.253 e. The molecule has 1 aromatic heterocycles. The Kier molecular flexibility index (Phi) is 3.41. The van der Waals surface area contributed by atoms with Crippen LogP contribution in [0.25, 0.3) is 0 Å². The quantitative estimate of drug-likeness (QED) is 0.798. The molecular weight excluding hydrogens is 256 g/mol. The lowest BCUT2D eigenvalue weighted by molar-refractivity contribution is 0.0950. The summed E-state index contributed by atoms with van der Waals surface area (Å²) in [5.74, 6) is -2.45. The van der Waals surface area contributed by atoms with Crippen LogP contribution in [-0.4, -0.2) is 20.7 Å². The number of rotatable bonds is 3. The fourth-order valence-corrected chi connectivity index (χ4v) is 1.48. The molecule has 0 unspecified atom stereocenters. The van der Waals surface area contributed by atoms with Gasteiger partial charge in [-0.1, -0.05) is 0 Å². The number of hydrogen-bond acceptors (Lipinski definition) is 4. The number of halogens is 2. The van der Waals surface area contributed by atoms with Crippen molar-refractivity contribution in [3.05, 3.63) is 41.5 Å². The Morgan fingerprint density at radius 2 is 2.11 bits per heavy atom. The van der Waals surface area contributed by atoms with E-state index in [2.05, 4.69) is 15.4 Å². The molecule has 0 spiro atoms. The standard InChI is InChI=1S/C11H11F2N5O/c1-18-5-16-10(17-18)4-15-11(19)6-2-7(12)8(13)3-9(6)14/h2-3,5H,4,14H2,1H3,(H,15,19). The van der Waals surface area contributed by atoms with Crippen molar-refractivity contribution in [2.24, 2.45) is 7.05 Å². The zero-order valence-electron chi connectivity index (χ0n) is 10.0. The molecular formula is C11H11F2N5O. The lowest BCUT2D eigenvalue weighted by Gasteiger charge is -2.06. The SMILES string of the molecule is Cn1cnc(CNC(=O)c2cc(F)c(F)cc2N)n1. The second-order valence-corrected chi connectivity index (χ2v) is 3.87. The van der Waals surface area contributed by atoms with E-state index in [1.54, 1.807) is 7.05 Å². The molecule has 0 radical (unpaired) electrons. The minimum atomic E-state index is -1.13. The van der Waals surface area contributed by atoms with Crippen LogP contribution in [0, 0.1) is 11.6 Å². The van der Waals surface area contributed by atoms with Gasteiger partial charge in [0, 0.05) is 18.8 Å². The second kappa shape index (κ2) is 5.01. The van der Waals surface area contributed by atoms with Gasteiger partial charge in [0.15, 0.2) is 17.5 Å². The number of nitrogens with two attached hydrogens (primary N) is 1. The fraction of sp³-hybridized carbons (Fsp3) is 0.182. The second-order valence-electron chi connectivity index (χ2n) is 3.87. The molecule has 8 heteroatoms. The maximum Gasteiger partial charge on any atom is 0.253 e. The third-order valence-electron chi connectivity index (χ3n) is 2.39. The first-order chi connectivity index (χ1) is 8.97. The first-order valence-electron chi connectivity index (χ1n) is 5.34. The molecule has 0 saturated carbocycles. The summed E-state index contributed by atoms with van der Waals surface area (Å²) in [5, 5.41) is 6.43. The van der Waals surface area contributed by atoms with E-state index in [0.717, 1.165) is 12.1 Å². The van der Waals surface area contributed by atoms with Crippen molar-refractivity contribution in [3.63, 3.8) is 0 Å². The summed E-state index contributed by atoms with van der Waals surface area (Å²) in [6.07, 6.45) is 1.48. The molecule has 1 heterocycles. The van der Waals surface area contributed by atoms with Gasteiger partial charge in [0.2, 0.25) is 0 Å². The molecule has 0 fully saturated rings. The molecule has 100 valence electrons. The van der Waals surface area contributed by atoms with Crippen LogP contribution in [0.2, 0.25) is 0 Å². The van der Waals surface area contributed by atoms with Gasteiger partial charge in [-0.05, 0) is 6.07 Å². The maximum atomic E-state index is 13.0. The number of nitrogens with one attached hydrogen (secondary N) is 1. The van der Waals surface area contributed by atoms with Gasteiger partial charge in [-0.25, -0.2) is 13.8 Å². The van der Waals surface area contributed by atoms with Crippen LogP contribution in [0.1, 0.15) is 16.2 Å². The molecule has 2 aromatic rings. The first-order valence-corrected chi connectivity index (χ1v) is 5.34. The highest BCUT2D eigenvalue weighted by atomic mass is 19.2. The average molecular weight is 267 g/mol. The Hall–Kier alpha value is -2.51. The van der Waals surface area contributed by atoms with Crippen molar-refractivity contribution < 1.29 is 13.6 Å². The van der Waals surface area contributed by atoms with E-state index >= 15 is 0 Å². The molecule has 19 heavy (non-hydrogen) atoms. The van der Waals surface area contributed by atoms with Gasteiger partial charge >= 0.3 is 0 Å². The topological polar surface area (TPSA) is 85.8 Å². The van der Waals surface area contributed by atoms with Gasteiger partial charge < -0.3 is 11.1 Å². The zero-order valence-corrected chi connectivity index (χ0v) is 10.0. The lowest BCUT2D eigenvalue weighted by atomic mass is 10.1. The van der Waals surface area contributed by atoms with Crippen LogP contribution in [0.3, 0.4) is 0 Å². The van der Waals surface area contributed by atoms with Gasteiger partial charge in [-0.2, -0.15) is 5.10 Å². The van der Waals surface area contributed by atoms with Crippen LogP contribution < -0.4 is 11.1 Å². The predicted molar refractivity (Wildman–Crippen MR) is 62.9 cm³/mol. The first kappa shape index (κ1) is 12.9. The molecule has 0 aliphatic heterocycles. The molecule has 1 aromatic carbocycles. The molecule has 0 atom stereocenters. The third-order valence-corrected chi connectivity index (χ3v) is 2.39. The van der Waals surface area contributed by atoms with Crippen molar-refractivity contribution in [2.75, 3.05) is 5.73 Å². The summed E-state index contributed by atoms with van der Waals surface area (Å²) in [6, 6.07) is 1.52. The number of aromatic nitrogens is 3. The normalized spacial score (nSPS) is 10.5. The monoisotopic (exact) mass is 267 g/mol. The van der Waals surface area contributed by atoms with E-state index in [4.69, 9.17) is 5.73 Å². The number of carbonyl (C=O) groups excluding carboxylic acids is 1. The van der Waals surface area contributed by atoms with Crippen molar-refractivity contribution in [2.45, 2.75) is 6.54 Å². The Labute approximate surface area is 107 Å². The third kappa shape index (κ3) is 2.84. The molecule has 0 aliphatic carbocycles. The maximum absolute atomic E-state index is 13.0. The van der Waals surface area contributed by atoms with Gasteiger partial charge in [-0.15, -0.1) is 0 Å². The van der Waals surface area contributed by atoms with E-state index in [1.165, 1.54) is 11.0 Å². The molecule has 0 aliphatic rings. The molecule has 2 rings (SSSR count). The van der Waals surface area contributed by atoms with Gasteiger partial charge in [0.1, 0.15) is 6.33 Å². The number of nitrogens with zero attached hydrogens (tertiary/aromatic N) is 3. The Balaban J connectivity index is 2.10. The predicted octanol–water partition coefficient (Wildman–Crippen LogP) is 0.606. The summed E-state index contributed by atoms with van der Waals surface area (Å²) in [5.41, 5.74) is 5.20. The van der Waals surface area contributed by atoms with Crippen molar-refractivity contribution >= 4 is 11.6 Å². The lowest BCUT2D eigenvalue weighted by Crippen LogP contribution is -2.24. The van der Waals surface area contributed by atoms with Gasteiger partial charge in [-0.3, -0.25) is 9.48 Å². The highest BCUT2D eigenvalue weighted by Crippen LogP contribution is 2.16. The van der Waals surface area contributed by atoms with Crippen LogP contribution in [0.4, 0.5) is 14.5 Å². The Bertz CT molecular complexity index is 626. The van der Waals surface area contributed by atoms with Crippen molar-refractivity contribution in [1.82, 2.24) is 20.1 Å². The van der Waals surface area contributed by atoms with Crippen molar-refractivity contribution in [3.8, 4) is 0 Å². The van der Waals surface area contributed by atoms with E-state index in [9.17, 15) is 13.6 Å².